The number of hydrogen-bond acceptors (Lipinski definition) is 6. The van der Waals surface area contributed by atoms with E-state index in [1.807, 2.05) is 121 Å². The molecule has 0 amide bonds. The Morgan fingerprint density at radius 3 is 1.03 bits per heavy atom. The lowest BCUT2D eigenvalue weighted by molar-refractivity contribution is 0.464. The molecule has 2 heterocycles. The van der Waals surface area contributed by atoms with Crippen molar-refractivity contribution in [2.24, 2.45) is 0 Å². The van der Waals surface area contributed by atoms with E-state index in [9.17, 15) is 0 Å². The van der Waals surface area contributed by atoms with Crippen LogP contribution in [-0.4, -0.2) is 9.97 Å². The molecule has 0 aliphatic rings. The van der Waals surface area contributed by atoms with Crippen molar-refractivity contribution in [3.05, 3.63) is 121 Å². The Morgan fingerprint density at radius 2 is 0.694 bits per heavy atom. The highest BCUT2D eigenvalue weighted by Crippen LogP contribution is 2.44. The van der Waals surface area contributed by atoms with Crippen molar-refractivity contribution in [2.45, 2.75) is 10.4 Å². The number of hydrogen-bond donors (Lipinski definition) is 0. The fraction of sp³-hybridized carbons (Fsp3) is 0. The fourth-order valence-corrected chi connectivity index (χ4v) is 5.39. The van der Waals surface area contributed by atoms with Gasteiger partial charge in [-0.3, -0.25) is 0 Å². The molecule has 36 heavy (non-hydrogen) atoms. The van der Waals surface area contributed by atoms with Crippen molar-refractivity contribution in [3.63, 3.8) is 0 Å². The second-order valence-corrected chi connectivity index (χ2v) is 9.98. The van der Waals surface area contributed by atoms with E-state index in [4.69, 9.17) is 18.8 Å². The molecule has 0 atom stereocenters. The molecule has 0 saturated carbocycles. The van der Waals surface area contributed by atoms with Crippen molar-refractivity contribution in [1.82, 2.24) is 9.97 Å². The maximum absolute atomic E-state index is 6.24. The fourth-order valence-electron chi connectivity index (χ4n) is 3.90. The topological polar surface area (TPSA) is 52.1 Å². The predicted octanol–water partition coefficient (Wildman–Crippen LogP) is 9.13. The molecular formula is C30H20N2O2S2. The lowest BCUT2D eigenvalue weighted by Gasteiger charge is -2.00. The zero-order valence-corrected chi connectivity index (χ0v) is 20.7. The average molecular weight is 505 g/mol. The second kappa shape index (κ2) is 10.3. The Morgan fingerprint density at radius 1 is 0.389 bits per heavy atom. The quantitative estimate of drug-likeness (QED) is 0.202. The van der Waals surface area contributed by atoms with Crippen LogP contribution in [0.5, 0.6) is 0 Å². The summed E-state index contributed by atoms with van der Waals surface area (Å²) < 4.78 is 12.5. The third-order valence-corrected chi connectivity index (χ3v) is 7.39. The molecule has 0 aliphatic heterocycles. The molecule has 0 spiro atoms. The third-order valence-electron chi connectivity index (χ3n) is 5.57. The molecular weight excluding hydrogens is 484 g/mol. The van der Waals surface area contributed by atoms with Crippen LogP contribution in [0.2, 0.25) is 0 Å². The summed E-state index contributed by atoms with van der Waals surface area (Å²) in [7, 11) is 2.79. The molecule has 0 radical (unpaired) electrons. The van der Waals surface area contributed by atoms with Gasteiger partial charge in [-0.25, -0.2) is 9.97 Å². The van der Waals surface area contributed by atoms with Crippen LogP contribution in [0, 0.1) is 0 Å². The molecule has 0 fully saturated rings. The van der Waals surface area contributed by atoms with Gasteiger partial charge in [0.1, 0.15) is 11.4 Å². The standard InChI is InChI=1S/C30H20N2O2S2/c1-5-13-21(14-6-1)25-27(23-17-9-3-10-18-23)33-29(31-25)35-36-30-32-26(22-15-7-2-8-16-22)28(34-30)24-19-11-4-12-20-24/h1-20H. The minimum Gasteiger partial charge on any atom is -0.430 e. The lowest BCUT2D eigenvalue weighted by Crippen LogP contribution is -1.81. The molecule has 0 saturated heterocycles. The van der Waals surface area contributed by atoms with Gasteiger partial charge in [-0.2, -0.15) is 0 Å². The smallest absolute Gasteiger partial charge is 0.268 e. The molecule has 174 valence electrons. The van der Waals surface area contributed by atoms with Gasteiger partial charge in [0.15, 0.2) is 11.5 Å². The summed E-state index contributed by atoms with van der Waals surface area (Å²) in [6.07, 6.45) is 0. The van der Waals surface area contributed by atoms with E-state index in [0.29, 0.717) is 10.4 Å². The summed E-state index contributed by atoms with van der Waals surface area (Å²) in [4.78, 5) is 9.65. The molecule has 6 heteroatoms. The normalized spacial score (nSPS) is 11.0. The Balaban J connectivity index is 1.33. The molecule has 4 aromatic carbocycles. The van der Waals surface area contributed by atoms with Gasteiger partial charge in [-0.05, 0) is 0 Å². The molecule has 4 nitrogen and oxygen atoms in total. The molecule has 6 aromatic rings. The van der Waals surface area contributed by atoms with Crippen LogP contribution < -0.4 is 0 Å². The molecule has 2 aromatic heterocycles. The van der Waals surface area contributed by atoms with Crippen LogP contribution in [0.4, 0.5) is 0 Å². The largest absolute Gasteiger partial charge is 0.430 e. The maximum atomic E-state index is 6.24. The lowest BCUT2D eigenvalue weighted by atomic mass is 10.1. The van der Waals surface area contributed by atoms with Gasteiger partial charge in [-0.1, -0.05) is 121 Å². The highest BCUT2D eigenvalue weighted by molar-refractivity contribution is 8.76. The van der Waals surface area contributed by atoms with Crippen LogP contribution >= 0.6 is 21.6 Å². The summed E-state index contributed by atoms with van der Waals surface area (Å²) >= 11 is 0. The molecule has 0 aliphatic carbocycles. The number of oxazole rings is 2. The van der Waals surface area contributed by atoms with Crippen molar-refractivity contribution in [2.75, 3.05) is 0 Å². The summed E-state index contributed by atoms with van der Waals surface area (Å²) in [6, 6.07) is 40.2. The first-order valence-corrected chi connectivity index (χ1v) is 13.6. The van der Waals surface area contributed by atoms with E-state index in [2.05, 4.69) is 0 Å². The zero-order chi connectivity index (χ0) is 24.2. The highest BCUT2D eigenvalue weighted by atomic mass is 33.1. The summed E-state index contributed by atoms with van der Waals surface area (Å²) in [5.41, 5.74) is 5.60. The Kier molecular flexibility index (Phi) is 6.44. The minimum atomic E-state index is 0.540. The second-order valence-electron chi connectivity index (χ2n) is 7.95. The molecule has 0 N–H and O–H groups in total. The predicted molar refractivity (Wildman–Crippen MR) is 146 cm³/mol. The first-order chi connectivity index (χ1) is 17.8. The van der Waals surface area contributed by atoms with Crippen LogP contribution in [0.15, 0.2) is 141 Å². The number of aromatic nitrogens is 2. The monoisotopic (exact) mass is 504 g/mol. The van der Waals surface area contributed by atoms with Crippen LogP contribution in [0.3, 0.4) is 0 Å². The van der Waals surface area contributed by atoms with Gasteiger partial charge in [0, 0.05) is 43.8 Å². The Labute approximate surface area is 216 Å². The van der Waals surface area contributed by atoms with E-state index >= 15 is 0 Å². The SMILES string of the molecule is c1ccc(-c2nc(SSc3nc(-c4ccccc4)c(-c4ccccc4)o3)oc2-c2ccccc2)cc1. The van der Waals surface area contributed by atoms with Crippen molar-refractivity contribution in [3.8, 4) is 45.2 Å². The Bertz CT molecular complexity index is 1330. The molecule has 0 bridgehead atoms. The van der Waals surface area contributed by atoms with Gasteiger partial charge in [0.05, 0.1) is 0 Å². The van der Waals surface area contributed by atoms with Crippen molar-refractivity contribution < 1.29 is 8.83 Å². The number of nitrogens with zero attached hydrogens (tertiary/aromatic N) is 2. The number of benzene rings is 4. The first kappa shape index (κ1) is 22.5. The van der Waals surface area contributed by atoms with E-state index in [1.165, 1.54) is 21.6 Å². The van der Waals surface area contributed by atoms with Gasteiger partial charge in [0.25, 0.3) is 10.4 Å². The van der Waals surface area contributed by atoms with Crippen molar-refractivity contribution in [1.29, 1.82) is 0 Å². The third kappa shape index (κ3) is 4.73. The van der Waals surface area contributed by atoms with Gasteiger partial charge in [0.2, 0.25) is 0 Å². The van der Waals surface area contributed by atoms with Crippen molar-refractivity contribution >= 4 is 21.6 Å². The van der Waals surface area contributed by atoms with Crippen LogP contribution in [0.25, 0.3) is 45.2 Å². The van der Waals surface area contributed by atoms with Gasteiger partial charge < -0.3 is 8.83 Å². The van der Waals surface area contributed by atoms with E-state index in [0.717, 1.165) is 45.2 Å². The number of rotatable bonds is 7. The minimum absolute atomic E-state index is 0.540. The maximum Gasteiger partial charge on any atom is 0.268 e. The highest BCUT2D eigenvalue weighted by Gasteiger charge is 2.21. The van der Waals surface area contributed by atoms with Crippen LogP contribution in [0.1, 0.15) is 0 Å². The molecule has 6 rings (SSSR count). The van der Waals surface area contributed by atoms with E-state index < -0.39 is 0 Å². The Hall–Kier alpha value is -4.00. The van der Waals surface area contributed by atoms with E-state index in [-0.39, 0.29) is 0 Å². The summed E-state index contributed by atoms with van der Waals surface area (Å²) in [6.45, 7) is 0. The van der Waals surface area contributed by atoms with Gasteiger partial charge in [-0.15, -0.1) is 0 Å². The van der Waals surface area contributed by atoms with Crippen LogP contribution in [-0.2, 0) is 0 Å². The van der Waals surface area contributed by atoms with Gasteiger partial charge >= 0.3 is 0 Å². The van der Waals surface area contributed by atoms with E-state index in [1.54, 1.807) is 0 Å². The average Bonchev–Trinajstić information content (AvgIpc) is 3.59. The zero-order valence-electron chi connectivity index (χ0n) is 19.1. The first-order valence-electron chi connectivity index (χ1n) is 11.4. The molecule has 0 unspecified atom stereocenters. The summed E-state index contributed by atoms with van der Waals surface area (Å²) in [5, 5.41) is 1.08. The summed E-state index contributed by atoms with van der Waals surface area (Å²) in [5.74, 6) is 1.49.